The maximum atomic E-state index is 12.6. The second-order valence-corrected chi connectivity index (χ2v) is 9.59. The number of carbonyl (C=O) groups is 2. The van der Waals surface area contributed by atoms with E-state index in [1.807, 2.05) is 65.8 Å². The predicted molar refractivity (Wildman–Crippen MR) is 120 cm³/mol. The highest BCUT2D eigenvalue weighted by Crippen LogP contribution is 2.23. The van der Waals surface area contributed by atoms with E-state index in [1.165, 1.54) is 0 Å². The van der Waals surface area contributed by atoms with Gasteiger partial charge in [-0.15, -0.1) is 6.42 Å². The molecule has 2 amide bonds. The van der Waals surface area contributed by atoms with Crippen molar-refractivity contribution in [2.45, 2.75) is 77.7 Å². The van der Waals surface area contributed by atoms with Crippen LogP contribution in [0.5, 0.6) is 0 Å². The Balaban J connectivity index is 2.01. The summed E-state index contributed by atoms with van der Waals surface area (Å²) in [5, 5.41) is 2.81. The third-order valence-electron chi connectivity index (χ3n) is 4.48. The molecule has 31 heavy (non-hydrogen) atoms. The molecule has 0 unspecified atom stereocenters. The number of rotatable bonds is 4. The molecule has 1 aromatic carbocycles. The number of morpholine rings is 1. The number of aryl methyl sites for hydroxylation is 1. The lowest BCUT2D eigenvalue weighted by atomic mass is 10.0. The number of hydrogen-bond acceptors (Lipinski definition) is 5. The Labute approximate surface area is 185 Å². The Morgan fingerprint density at radius 3 is 2.42 bits per heavy atom. The quantitative estimate of drug-likeness (QED) is 0.706. The molecule has 1 aliphatic rings. The Morgan fingerprint density at radius 1 is 1.16 bits per heavy atom. The first-order valence-electron chi connectivity index (χ1n) is 10.5. The van der Waals surface area contributed by atoms with E-state index in [0.717, 1.165) is 5.56 Å². The number of amides is 2. The molecule has 1 aromatic rings. The van der Waals surface area contributed by atoms with E-state index in [-0.39, 0.29) is 12.7 Å². The van der Waals surface area contributed by atoms with E-state index in [0.29, 0.717) is 25.1 Å². The van der Waals surface area contributed by atoms with Gasteiger partial charge in [0.2, 0.25) is 0 Å². The molecule has 1 aliphatic heterocycles. The van der Waals surface area contributed by atoms with E-state index in [9.17, 15) is 9.59 Å². The molecule has 0 aliphatic carbocycles. The largest absolute Gasteiger partial charge is 0.444 e. The Bertz CT molecular complexity index is 816. The highest BCUT2D eigenvalue weighted by Gasteiger charge is 2.34. The van der Waals surface area contributed by atoms with Crippen LogP contribution in [-0.2, 0) is 20.6 Å². The summed E-state index contributed by atoms with van der Waals surface area (Å²) in [6.07, 6.45) is 5.77. The molecule has 0 bridgehead atoms. The fraction of sp³-hybridized carbons (Fsp3) is 0.583. The number of terminal acetylenes is 1. The minimum absolute atomic E-state index is 0.188. The van der Waals surface area contributed by atoms with Crippen LogP contribution in [0, 0.1) is 12.3 Å². The van der Waals surface area contributed by atoms with Crippen molar-refractivity contribution in [2.75, 3.05) is 18.5 Å². The van der Waals surface area contributed by atoms with Gasteiger partial charge in [-0.05, 0) is 66.0 Å². The van der Waals surface area contributed by atoms with Crippen molar-refractivity contribution in [1.29, 1.82) is 0 Å². The minimum atomic E-state index is -0.601. The third kappa shape index (κ3) is 8.14. The lowest BCUT2D eigenvalue weighted by molar-refractivity contribution is -0.0590. The SMILES string of the molecule is C#C[C@@H]1CO[C@H](CCc2ccccc2NC(=O)OC(C)(C)C)CN1C(=O)OC(C)(C)C. The molecule has 1 heterocycles. The molecule has 7 nitrogen and oxygen atoms in total. The molecule has 0 spiro atoms. The first kappa shape index (κ1) is 24.5. The van der Waals surface area contributed by atoms with Gasteiger partial charge in [0.1, 0.15) is 17.2 Å². The highest BCUT2D eigenvalue weighted by molar-refractivity contribution is 5.85. The number of para-hydroxylation sites is 1. The zero-order valence-electron chi connectivity index (χ0n) is 19.4. The second kappa shape index (κ2) is 10.1. The smallest absolute Gasteiger partial charge is 0.412 e. The second-order valence-electron chi connectivity index (χ2n) is 9.59. The van der Waals surface area contributed by atoms with Crippen molar-refractivity contribution in [3.63, 3.8) is 0 Å². The Hall–Kier alpha value is -2.72. The van der Waals surface area contributed by atoms with Gasteiger partial charge in [0.15, 0.2) is 0 Å². The predicted octanol–water partition coefficient (Wildman–Crippen LogP) is 4.60. The summed E-state index contributed by atoms with van der Waals surface area (Å²) in [7, 11) is 0. The number of nitrogens with one attached hydrogen (secondary N) is 1. The van der Waals surface area contributed by atoms with Crippen LogP contribution in [0.15, 0.2) is 24.3 Å². The lowest BCUT2D eigenvalue weighted by Gasteiger charge is -2.38. The third-order valence-corrected chi connectivity index (χ3v) is 4.48. The van der Waals surface area contributed by atoms with Crippen LogP contribution >= 0.6 is 0 Å². The van der Waals surface area contributed by atoms with Gasteiger partial charge < -0.3 is 14.2 Å². The molecule has 170 valence electrons. The topological polar surface area (TPSA) is 77.1 Å². The van der Waals surface area contributed by atoms with Crippen LogP contribution in [0.1, 0.15) is 53.5 Å². The van der Waals surface area contributed by atoms with Gasteiger partial charge in [-0.1, -0.05) is 24.1 Å². The van der Waals surface area contributed by atoms with Gasteiger partial charge in [0.25, 0.3) is 0 Å². The van der Waals surface area contributed by atoms with Gasteiger partial charge in [-0.2, -0.15) is 0 Å². The van der Waals surface area contributed by atoms with Gasteiger partial charge in [-0.25, -0.2) is 9.59 Å². The van der Waals surface area contributed by atoms with Crippen molar-refractivity contribution in [2.24, 2.45) is 0 Å². The molecule has 0 saturated carbocycles. The minimum Gasteiger partial charge on any atom is -0.444 e. The van der Waals surface area contributed by atoms with Gasteiger partial charge in [0, 0.05) is 5.69 Å². The van der Waals surface area contributed by atoms with E-state index in [1.54, 1.807) is 4.90 Å². The molecule has 7 heteroatoms. The molecular formula is C24H34N2O5. The Kier molecular flexibility index (Phi) is 7.96. The van der Waals surface area contributed by atoms with Crippen molar-refractivity contribution in [3.05, 3.63) is 29.8 Å². The maximum absolute atomic E-state index is 12.6. The highest BCUT2D eigenvalue weighted by atomic mass is 16.6. The van der Waals surface area contributed by atoms with E-state index >= 15 is 0 Å². The van der Waals surface area contributed by atoms with Crippen LogP contribution < -0.4 is 5.32 Å². The first-order valence-corrected chi connectivity index (χ1v) is 10.5. The average molecular weight is 431 g/mol. The molecule has 2 rings (SSSR count). The van der Waals surface area contributed by atoms with Crippen molar-refractivity contribution in [3.8, 4) is 12.3 Å². The monoisotopic (exact) mass is 430 g/mol. The number of carbonyl (C=O) groups excluding carboxylic acids is 2. The van der Waals surface area contributed by atoms with Crippen LogP contribution in [0.3, 0.4) is 0 Å². The summed E-state index contributed by atoms with van der Waals surface area (Å²) < 4.78 is 16.7. The molecular weight excluding hydrogens is 396 g/mol. The van der Waals surface area contributed by atoms with Gasteiger partial charge >= 0.3 is 12.2 Å². The zero-order valence-corrected chi connectivity index (χ0v) is 19.4. The zero-order chi connectivity index (χ0) is 23.2. The van der Waals surface area contributed by atoms with Crippen molar-refractivity contribution >= 4 is 17.9 Å². The van der Waals surface area contributed by atoms with Crippen molar-refractivity contribution < 1.29 is 23.8 Å². The first-order chi connectivity index (χ1) is 14.4. The maximum Gasteiger partial charge on any atom is 0.412 e. The van der Waals surface area contributed by atoms with Crippen LogP contribution in [0.25, 0.3) is 0 Å². The normalized spacial score (nSPS) is 19.3. The summed E-state index contributed by atoms with van der Waals surface area (Å²) in [5.74, 6) is 2.60. The lowest BCUT2D eigenvalue weighted by Crippen LogP contribution is -2.53. The summed E-state index contributed by atoms with van der Waals surface area (Å²) in [4.78, 5) is 26.3. The molecule has 1 saturated heterocycles. The molecule has 0 aromatic heterocycles. The van der Waals surface area contributed by atoms with Gasteiger partial charge in [-0.3, -0.25) is 10.2 Å². The molecule has 2 atom stereocenters. The standard InChI is InChI=1S/C24H34N2O5/c1-8-18-16-29-19(15-26(18)22(28)31-24(5,6)7)14-13-17-11-9-10-12-20(17)25-21(27)30-23(2,3)4/h1,9-12,18-19H,13-16H2,2-7H3,(H,25,27)/t18-,19-/m1/s1. The number of anilines is 1. The van der Waals surface area contributed by atoms with E-state index < -0.39 is 29.4 Å². The van der Waals surface area contributed by atoms with E-state index in [4.69, 9.17) is 20.6 Å². The fourth-order valence-corrected chi connectivity index (χ4v) is 3.14. The number of nitrogens with zero attached hydrogens (tertiary/aromatic N) is 1. The molecule has 1 fully saturated rings. The summed E-state index contributed by atoms with van der Waals surface area (Å²) in [5.41, 5.74) is 0.474. The van der Waals surface area contributed by atoms with Crippen LogP contribution in [0.4, 0.5) is 15.3 Å². The van der Waals surface area contributed by atoms with E-state index in [2.05, 4.69) is 11.2 Å². The summed E-state index contributed by atoms with van der Waals surface area (Å²) in [6.45, 7) is 11.5. The average Bonchev–Trinajstić information content (AvgIpc) is 2.64. The number of ether oxygens (including phenoxy) is 3. The fourth-order valence-electron chi connectivity index (χ4n) is 3.14. The van der Waals surface area contributed by atoms with Gasteiger partial charge in [0.05, 0.1) is 19.3 Å². The molecule has 1 N–H and O–H groups in total. The number of hydrogen-bond donors (Lipinski definition) is 1. The molecule has 0 radical (unpaired) electrons. The van der Waals surface area contributed by atoms with Crippen LogP contribution in [-0.4, -0.2) is 53.6 Å². The van der Waals surface area contributed by atoms with Crippen LogP contribution in [0.2, 0.25) is 0 Å². The summed E-state index contributed by atoms with van der Waals surface area (Å²) >= 11 is 0. The van der Waals surface area contributed by atoms with Crippen molar-refractivity contribution in [1.82, 2.24) is 4.90 Å². The Morgan fingerprint density at radius 2 is 1.81 bits per heavy atom. The number of benzene rings is 1. The summed E-state index contributed by atoms with van der Waals surface area (Å²) in [6, 6.07) is 7.11.